The molecule has 66 valence electrons. The zero-order valence-corrected chi connectivity index (χ0v) is 9.11. The van der Waals surface area contributed by atoms with Gasteiger partial charge in [0.05, 0.1) is 0 Å². The van der Waals surface area contributed by atoms with Gasteiger partial charge in [0.15, 0.2) is 0 Å². The van der Waals surface area contributed by atoms with E-state index in [1.54, 1.807) is 0 Å². The molecule has 2 nitrogen and oxygen atoms in total. The van der Waals surface area contributed by atoms with Gasteiger partial charge >= 0.3 is 0 Å². The molecule has 0 radical (unpaired) electrons. The van der Waals surface area contributed by atoms with E-state index in [0.29, 0.717) is 0 Å². The Hall–Kier alpha value is -0.520. The van der Waals surface area contributed by atoms with Gasteiger partial charge in [-0.1, -0.05) is 4.49 Å². The summed E-state index contributed by atoms with van der Waals surface area (Å²) in [6.45, 7) is 0. The highest BCUT2D eigenvalue weighted by Gasteiger charge is 2.02. The normalized spacial score (nSPS) is 10.3. The first-order chi connectivity index (χ1) is 6.25. The minimum atomic E-state index is 0.871. The third kappa shape index (κ3) is 2.04. The highest BCUT2D eigenvalue weighted by atomic mass is 32.1. The van der Waals surface area contributed by atoms with Crippen LogP contribution in [0.25, 0.3) is 11.3 Å². The molecule has 1 heterocycles. The Kier molecular flexibility index (Phi) is 2.57. The van der Waals surface area contributed by atoms with E-state index in [1.165, 1.54) is 11.5 Å². The smallest absolute Gasteiger partial charge is 0.105 e. The largest absolute Gasteiger partial charge is 0.143 e. The second-order valence-corrected chi connectivity index (χ2v) is 4.17. The maximum absolute atomic E-state index is 4.26. The molecule has 5 heteroatoms. The van der Waals surface area contributed by atoms with Gasteiger partial charge in [0.2, 0.25) is 0 Å². The summed E-state index contributed by atoms with van der Waals surface area (Å²) in [6.07, 6.45) is 0. The molecule has 0 amide bonds. The molecule has 0 saturated heterocycles. The van der Waals surface area contributed by atoms with Crippen molar-refractivity contribution < 1.29 is 0 Å². The molecule has 0 aliphatic rings. The molecule has 0 saturated carbocycles. The van der Waals surface area contributed by atoms with Gasteiger partial charge in [-0.2, -0.15) is 0 Å². The van der Waals surface area contributed by atoms with Crippen molar-refractivity contribution in [3.8, 4) is 11.3 Å². The Morgan fingerprint density at radius 3 is 2.31 bits per heavy atom. The lowest BCUT2D eigenvalue weighted by atomic mass is 10.2. The number of rotatable bonds is 1. The lowest BCUT2D eigenvalue weighted by molar-refractivity contribution is 1.15. The van der Waals surface area contributed by atoms with Crippen molar-refractivity contribution in [1.29, 1.82) is 0 Å². The van der Waals surface area contributed by atoms with E-state index in [1.807, 2.05) is 23.6 Å². The van der Waals surface area contributed by atoms with Crippen LogP contribution in [0.1, 0.15) is 0 Å². The summed E-state index contributed by atoms with van der Waals surface area (Å²) in [4.78, 5) is 1.77. The third-order valence-corrected chi connectivity index (χ3v) is 2.58. The van der Waals surface area contributed by atoms with Crippen LogP contribution in [0.4, 0.5) is 0 Å². The molecule has 2 aromatic rings. The van der Waals surface area contributed by atoms with E-state index in [9.17, 15) is 0 Å². The van der Waals surface area contributed by atoms with Gasteiger partial charge < -0.3 is 0 Å². The Morgan fingerprint density at radius 1 is 1.08 bits per heavy atom. The monoisotopic (exact) mass is 226 g/mol. The van der Waals surface area contributed by atoms with Crippen molar-refractivity contribution in [1.82, 2.24) is 9.59 Å². The molecular weight excluding hydrogens is 220 g/mol. The number of aromatic nitrogens is 2. The van der Waals surface area contributed by atoms with Crippen molar-refractivity contribution in [2.45, 2.75) is 9.79 Å². The molecule has 0 spiro atoms. The summed E-state index contributed by atoms with van der Waals surface area (Å²) < 4.78 is 3.80. The molecule has 13 heavy (non-hydrogen) atoms. The molecule has 0 atom stereocenters. The summed E-state index contributed by atoms with van der Waals surface area (Å²) >= 11 is 9.86. The Morgan fingerprint density at radius 2 is 1.77 bits per heavy atom. The van der Waals surface area contributed by atoms with Crippen LogP contribution >= 0.6 is 36.8 Å². The minimum absolute atomic E-state index is 0.871. The Labute approximate surface area is 91.0 Å². The fourth-order valence-electron chi connectivity index (χ4n) is 1.03. The number of nitrogens with zero attached hydrogens (tertiary/aromatic N) is 2. The van der Waals surface area contributed by atoms with Crippen LogP contribution in [0.3, 0.4) is 0 Å². The maximum Gasteiger partial charge on any atom is 0.105 e. The van der Waals surface area contributed by atoms with E-state index in [4.69, 9.17) is 0 Å². The summed E-state index contributed by atoms with van der Waals surface area (Å²) in [6, 6.07) is 5.77. The predicted octanol–water partition coefficient (Wildman–Crippen LogP) is 2.78. The van der Waals surface area contributed by atoms with Gasteiger partial charge in [-0.25, -0.2) is 0 Å². The number of benzene rings is 1. The number of thiol groups is 2. The van der Waals surface area contributed by atoms with Crippen molar-refractivity contribution in [2.75, 3.05) is 0 Å². The molecule has 1 aromatic carbocycles. The third-order valence-electron chi connectivity index (χ3n) is 1.56. The van der Waals surface area contributed by atoms with Crippen molar-refractivity contribution in [3.05, 3.63) is 23.6 Å². The molecule has 0 aliphatic heterocycles. The van der Waals surface area contributed by atoms with Crippen LogP contribution in [0.2, 0.25) is 0 Å². The molecule has 2 rings (SSSR count). The Balaban J connectivity index is 2.53. The first kappa shape index (κ1) is 9.05. The van der Waals surface area contributed by atoms with Crippen LogP contribution in [-0.2, 0) is 0 Å². The minimum Gasteiger partial charge on any atom is -0.143 e. The number of hydrogen-bond acceptors (Lipinski definition) is 5. The van der Waals surface area contributed by atoms with E-state index >= 15 is 0 Å². The first-order valence-electron chi connectivity index (χ1n) is 3.56. The second-order valence-electron chi connectivity index (χ2n) is 2.53. The topological polar surface area (TPSA) is 25.8 Å². The summed E-state index contributed by atoms with van der Waals surface area (Å²) in [5.41, 5.74) is 1.88. The predicted molar refractivity (Wildman–Crippen MR) is 59.8 cm³/mol. The molecule has 1 aromatic heterocycles. The molecule has 0 bridgehead atoms. The van der Waals surface area contributed by atoms with E-state index in [0.717, 1.165) is 21.0 Å². The van der Waals surface area contributed by atoms with Crippen molar-refractivity contribution >= 4 is 36.8 Å². The SMILES string of the molecule is Sc1cc(S)cc(-c2csnn2)c1. The van der Waals surface area contributed by atoms with Gasteiger partial charge in [-0.15, -0.1) is 30.4 Å². The van der Waals surface area contributed by atoms with Crippen molar-refractivity contribution in [3.63, 3.8) is 0 Å². The summed E-state index contributed by atoms with van der Waals surface area (Å²) in [5, 5.41) is 5.87. The average Bonchev–Trinajstić information content (AvgIpc) is 2.53. The summed E-state index contributed by atoms with van der Waals surface area (Å²) in [7, 11) is 0. The van der Waals surface area contributed by atoms with Gasteiger partial charge in [0.25, 0.3) is 0 Å². The van der Waals surface area contributed by atoms with Gasteiger partial charge in [-0.05, 0) is 29.7 Å². The molecule has 0 fully saturated rings. The van der Waals surface area contributed by atoms with Crippen LogP contribution in [0, 0.1) is 0 Å². The Bertz CT molecular complexity index is 391. The lowest BCUT2D eigenvalue weighted by Crippen LogP contribution is -1.79. The van der Waals surface area contributed by atoms with Crippen LogP contribution in [0.5, 0.6) is 0 Å². The van der Waals surface area contributed by atoms with Crippen molar-refractivity contribution in [2.24, 2.45) is 0 Å². The van der Waals surface area contributed by atoms with Gasteiger partial charge in [-0.3, -0.25) is 0 Å². The second kappa shape index (κ2) is 3.69. The molecule has 0 N–H and O–H groups in total. The van der Waals surface area contributed by atoms with Crippen LogP contribution < -0.4 is 0 Å². The van der Waals surface area contributed by atoms with E-state index < -0.39 is 0 Å². The van der Waals surface area contributed by atoms with Gasteiger partial charge in [0.1, 0.15) is 5.69 Å². The standard InChI is InChI=1S/C8H6N2S3/c11-6-1-5(2-7(12)3-6)8-4-13-10-9-8/h1-4,11-12H. The highest BCUT2D eigenvalue weighted by molar-refractivity contribution is 7.81. The first-order valence-corrected chi connectivity index (χ1v) is 5.29. The molecule has 0 unspecified atom stereocenters. The molecular formula is C8H6N2S3. The molecule has 0 aliphatic carbocycles. The van der Waals surface area contributed by atoms with Crippen LogP contribution in [0.15, 0.2) is 33.4 Å². The highest BCUT2D eigenvalue weighted by Crippen LogP contribution is 2.24. The maximum atomic E-state index is 4.26. The van der Waals surface area contributed by atoms with Crippen LogP contribution in [-0.4, -0.2) is 9.59 Å². The zero-order chi connectivity index (χ0) is 9.26. The zero-order valence-electron chi connectivity index (χ0n) is 6.51. The van der Waals surface area contributed by atoms with Gasteiger partial charge in [0, 0.05) is 20.7 Å². The van der Waals surface area contributed by atoms with E-state index in [-0.39, 0.29) is 0 Å². The van der Waals surface area contributed by atoms with E-state index in [2.05, 4.69) is 34.8 Å². The fourth-order valence-corrected chi connectivity index (χ4v) is 2.16. The quantitative estimate of drug-likeness (QED) is 0.731. The lowest BCUT2D eigenvalue weighted by Gasteiger charge is -1.99. The summed E-state index contributed by atoms with van der Waals surface area (Å²) in [5.74, 6) is 0. The average molecular weight is 226 g/mol. The fraction of sp³-hybridized carbons (Fsp3) is 0. The number of hydrogen-bond donors (Lipinski definition) is 2.